The number of hydrogen-bond donors (Lipinski definition) is 3. The Morgan fingerprint density at radius 3 is 2.60 bits per heavy atom. The molecule has 20 heavy (non-hydrogen) atoms. The van der Waals surface area contributed by atoms with E-state index in [2.05, 4.69) is 10.6 Å². The maximum Gasteiger partial charge on any atom is 0.416 e. The Morgan fingerprint density at radius 2 is 1.95 bits per heavy atom. The van der Waals surface area contributed by atoms with Crippen LogP contribution < -0.4 is 10.6 Å². The van der Waals surface area contributed by atoms with Crippen LogP contribution in [0, 0.1) is 0 Å². The van der Waals surface area contributed by atoms with Crippen LogP contribution in [-0.2, 0) is 6.18 Å². The summed E-state index contributed by atoms with van der Waals surface area (Å²) in [6, 6.07) is 3.90. The zero-order chi connectivity index (χ0) is 15.0. The lowest BCUT2D eigenvalue weighted by molar-refractivity contribution is -0.137. The number of carbonyl (C=O) groups excluding carboxylic acids is 1. The third kappa shape index (κ3) is 5.92. The minimum Gasteiger partial charge on any atom is -0.396 e. The van der Waals surface area contributed by atoms with Crippen LogP contribution in [0.1, 0.15) is 24.8 Å². The van der Waals surface area contributed by atoms with Gasteiger partial charge in [-0.15, -0.1) is 0 Å². The van der Waals surface area contributed by atoms with Gasteiger partial charge in [0.05, 0.1) is 5.56 Å². The number of unbranched alkanes of at least 4 members (excludes halogenated alkanes) is 2. The van der Waals surface area contributed by atoms with Crippen LogP contribution in [0.5, 0.6) is 0 Å². The number of anilines is 1. The first-order chi connectivity index (χ1) is 9.43. The second-order valence-corrected chi connectivity index (χ2v) is 4.24. The van der Waals surface area contributed by atoms with E-state index < -0.39 is 17.8 Å². The molecule has 1 aromatic rings. The highest BCUT2D eigenvalue weighted by atomic mass is 19.4. The highest BCUT2D eigenvalue weighted by Crippen LogP contribution is 2.30. The molecule has 0 aliphatic heterocycles. The maximum atomic E-state index is 12.5. The number of aliphatic hydroxyl groups is 1. The van der Waals surface area contributed by atoms with Crippen molar-refractivity contribution in [3.05, 3.63) is 29.8 Å². The number of aliphatic hydroxyl groups excluding tert-OH is 1. The Morgan fingerprint density at radius 1 is 1.20 bits per heavy atom. The van der Waals surface area contributed by atoms with Gasteiger partial charge in [0, 0.05) is 18.8 Å². The fraction of sp³-hybridized carbons (Fsp3) is 0.462. The van der Waals surface area contributed by atoms with Crippen molar-refractivity contribution in [1.29, 1.82) is 0 Å². The minimum absolute atomic E-state index is 0.0904. The molecule has 0 fully saturated rings. The molecule has 1 rings (SSSR count). The van der Waals surface area contributed by atoms with Gasteiger partial charge >= 0.3 is 12.2 Å². The lowest BCUT2D eigenvalue weighted by atomic mass is 10.2. The van der Waals surface area contributed by atoms with Crippen molar-refractivity contribution in [2.45, 2.75) is 25.4 Å². The predicted octanol–water partition coefficient (Wildman–Crippen LogP) is 2.99. The lowest BCUT2D eigenvalue weighted by Crippen LogP contribution is -2.29. The van der Waals surface area contributed by atoms with E-state index in [1.54, 1.807) is 0 Å². The maximum absolute atomic E-state index is 12.5. The van der Waals surface area contributed by atoms with Crippen molar-refractivity contribution < 1.29 is 23.1 Å². The zero-order valence-corrected chi connectivity index (χ0v) is 10.8. The van der Waals surface area contributed by atoms with Gasteiger partial charge in [-0.3, -0.25) is 0 Å². The topological polar surface area (TPSA) is 61.4 Å². The van der Waals surface area contributed by atoms with Crippen molar-refractivity contribution in [1.82, 2.24) is 5.32 Å². The van der Waals surface area contributed by atoms with Gasteiger partial charge in [-0.05, 0) is 37.5 Å². The number of benzene rings is 1. The van der Waals surface area contributed by atoms with Crippen LogP contribution in [0.25, 0.3) is 0 Å². The third-order valence-electron chi connectivity index (χ3n) is 2.57. The van der Waals surface area contributed by atoms with E-state index in [4.69, 9.17) is 5.11 Å². The second-order valence-electron chi connectivity index (χ2n) is 4.24. The number of urea groups is 1. The number of alkyl halides is 3. The molecule has 0 spiro atoms. The number of nitrogens with one attached hydrogen (secondary N) is 2. The molecule has 0 saturated heterocycles. The molecule has 4 nitrogen and oxygen atoms in total. The Balaban J connectivity index is 2.42. The molecule has 112 valence electrons. The van der Waals surface area contributed by atoms with Crippen LogP contribution in [0.2, 0.25) is 0 Å². The summed E-state index contributed by atoms with van der Waals surface area (Å²) in [6.45, 7) is 0.515. The van der Waals surface area contributed by atoms with Crippen molar-refractivity contribution >= 4 is 11.7 Å². The zero-order valence-electron chi connectivity index (χ0n) is 10.8. The highest BCUT2D eigenvalue weighted by Gasteiger charge is 2.30. The van der Waals surface area contributed by atoms with Gasteiger partial charge in [0.15, 0.2) is 0 Å². The second kappa shape index (κ2) is 7.74. The van der Waals surface area contributed by atoms with E-state index in [1.807, 2.05) is 0 Å². The summed E-state index contributed by atoms with van der Waals surface area (Å²) in [5.41, 5.74) is -0.717. The van der Waals surface area contributed by atoms with Crippen molar-refractivity contribution in [3.8, 4) is 0 Å². The Bertz CT molecular complexity index is 436. The molecule has 0 radical (unpaired) electrons. The van der Waals surface area contributed by atoms with Crippen molar-refractivity contribution in [3.63, 3.8) is 0 Å². The number of rotatable bonds is 6. The lowest BCUT2D eigenvalue weighted by Gasteiger charge is -2.10. The van der Waals surface area contributed by atoms with Gasteiger partial charge in [0.25, 0.3) is 0 Å². The smallest absolute Gasteiger partial charge is 0.396 e. The van der Waals surface area contributed by atoms with Crippen molar-refractivity contribution in [2.24, 2.45) is 0 Å². The van der Waals surface area contributed by atoms with Gasteiger partial charge in [0.1, 0.15) is 0 Å². The minimum atomic E-state index is -4.43. The number of hydrogen-bond acceptors (Lipinski definition) is 2. The summed E-state index contributed by atoms with van der Waals surface area (Å²) >= 11 is 0. The standard InChI is InChI=1S/C13H17F3N2O2/c14-13(15,16)10-5-4-6-11(9-10)18-12(20)17-7-2-1-3-8-19/h4-6,9,19H,1-3,7-8H2,(H2,17,18,20). The van der Waals surface area contributed by atoms with Crippen molar-refractivity contribution in [2.75, 3.05) is 18.5 Å². The van der Waals surface area contributed by atoms with Gasteiger partial charge < -0.3 is 15.7 Å². The molecule has 0 aromatic heterocycles. The molecule has 0 aliphatic rings. The van der Waals surface area contributed by atoms with Crippen LogP contribution in [0.3, 0.4) is 0 Å². The summed E-state index contributed by atoms with van der Waals surface area (Å²) in [6.07, 6.45) is -2.29. The molecule has 0 unspecified atom stereocenters. The highest BCUT2D eigenvalue weighted by molar-refractivity contribution is 5.89. The summed E-state index contributed by atoms with van der Waals surface area (Å²) in [4.78, 5) is 11.5. The average Bonchev–Trinajstić information content (AvgIpc) is 2.38. The van der Waals surface area contributed by atoms with E-state index in [-0.39, 0.29) is 12.3 Å². The molecule has 0 aliphatic carbocycles. The average molecular weight is 290 g/mol. The Kier molecular flexibility index (Phi) is 6.30. The van der Waals surface area contributed by atoms with Crippen LogP contribution in [0.15, 0.2) is 24.3 Å². The van der Waals surface area contributed by atoms with Gasteiger partial charge in [0.2, 0.25) is 0 Å². The summed E-state index contributed by atoms with van der Waals surface area (Å²) in [5.74, 6) is 0. The quantitative estimate of drug-likeness (QED) is 0.705. The molecular weight excluding hydrogens is 273 g/mol. The predicted molar refractivity (Wildman–Crippen MR) is 69.4 cm³/mol. The first kappa shape index (κ1) is 16.3. The normalized spacial score (nSPS) is 11.2. The molecule has 0 heterocycles. The monoisotopic (exact) mass is 290 g/mol. The fourth-order valence-corrected chi connectivity index (χ4v) is 1.56. The molecular formula is C13H17F3N2O2. The Hall–Kier alpha value is -1.76. The largest absolute Gasteiger partial charge is 0.416 e. The molecule has 2 amide bonds. The van der Waals surface area contributed by atoms with Crippen LogP contribution >= 0.6 is 0 Å². The summed E-state index contributed by atoms with van der Waals surface area (Å²) in [5, 5.41) is 13.5. The van der Waals surface area contributed by atoms with Crippen LogP contribution in [0.4, 0.5) is 23.7 Å². The molecule has 3 N–H and O–H groups in total. The van der Waals surface area contributed by atoms with Crippen LogP contribution in [-0.4, -0.2) is 24.3 Å². The number of carbonyl (C=O) groups is 1. The first-order valence-corrected chi connectivity index (χ1v) is 6.26. The first-order valence-electron chi connectivity index (χ1n) is 6.26. The van der Waals surface area contributed by atoms with E-state index in [9.17, 15) is 18.0 Å². The van der Waals surface area contributed by atoms with E-state index in [0.717, 1.165) is 18.6 Å². The third-order valence-corrected chi connectivity index (χ3v) is 2.57. The molecule has 0 atom stereocenters. The number of amides is 2. The molecule has 1 aromatic carbocycles. The van der Waals surface area contributed by atoms with Gasteiger partial charge in [-0.2, -0.15) is 13.2 Å². The van der Waals surface area contributed by atoms with E-state index in [1.165, 1.54) is 12.1 Å². The van der Waals surface area contributed by atoms with E-state index in [0.29, 0.717) is 19.4 Å². The Labute approximate surface area is 115 Å². The molecule has 7 heteroatoms. The summed E-state index contributed by atoms with van der Waals surface area (Å²) in [7, 11) is 0. The molecule has 0 bridgehead atoms. The van der Waals surface area contributed by atoms with Gasteiger partial charge in [-0.1, -0.05) is 6.07 Å². The molecule has 0 saturated carbocycles. The number of halogens is 3. The summed E-state index contributed by atoms with van der Waals surface area (Å²) < 4.78 is 37.4. The fourth-order valence-electron chi connectivity index (χ4n) is 1.56. The van der Waals surface area contributed by atoms with Gasteiger partial charge in [-0.25, -0.2) is 4.79 Å². The SMILES string of the molecule is O=C(NCCCCCO)Nc1cccc(C(F)(F)F)c1. The van der Waals surface area contributed by atoms with E-state index >= 15 is 0 Å².